The summed E-state index contributed by atoms with van der Waals surface area (Å²) in [7, 11) is 4.05. The highest BCUT2D eigenvalue weighted by molar-refractivity contribution is 5.66. The Morgan fingerprint density at radius 2 is 2.06 bits per heavy atom. The van der Waals surface area contributed by atoms with Gasteiger partial charge in [-0.05, 0) is 37.5 Å². The zero-order valence-electron chi connectivity index (χ0n) is 11.4. The van der Waals surface area contributed by atoms with Gasteiger partial charge in [0.15, 0.2) is 0 Å². The second-order valence-corrected chi connectivity index (χ2v) is 4.67. The van der Waals surface area contributed by atoms with Crippen LogP contribution in [0.2, 0.25) is 0 Å². The number of carbonyl (C=O) groups is 1. The van der Waals surface area contributed by atoms with Crippen LogP contribution in [0.4, 0.5) is 11.4 Å². The van der Waals surface area contributed by atoms with E-state index in [-0.39, 0.29) is 6.42 Å². The Hall–Kier alpha value is -1.71. The number of rotatable bonds is 7. The molecule has 0 spiro atoms. The Morgan fingerprint density at radius 3 is 2.67 bits per heavy atom. The topological polar surface area (TPSA) is 52.6 Å². The van der Waals surface area contributed by atoms with E-state index in [9.17, 15) is 4.79 Å². The van der Waals surface area contributed by atoms with Crippen LogP contribution in [0.3, 0.4) is 0 Å². The fourth-order valence-electron chi connectivity index (χ4n) is 1.84. The van der Waals surface area contributed by atoms with Crippen LogP contribution in [0.5, 0.6) is 0 Å². The Bertz CT molecular complexity index is 403. The van der Waals surface area contributed by atoms with Gasteiger partial charge in [-0.3, -0.25) is 4.79 Å². The summed E-state index contributed by atoms with van der Waals surface area (Å²) in [6, 6.07) is 6.26. The van der Waals surface area contributed by atoms with E-state index in [0.717, 1.165) is 18.7 Å². The van der Waals surface area contributed by atoms with Gasteiger partial charge in [0.25, 0.3) is 0 Å². The van der Waals surface area contributed by atoms with Gasteiger partial charge < -0.3 is 15.3 Å². The van der Waals surface area contributed by atoms with E-state index in [4.69, 9.17) is 5.11 Å². The molecule has 0 fully saturated rings. The number of aliphatic carboxylic acids is 1. The number of hydrogen-bond donors (Lipinski definition) is 2. The van der Waals surface area contributed by atoms with Crippen LogP contribution in [0.15, 0.2) is 18.2 Å². The predicted octanol–water partition coefficient (Wildman–Crippen LogP) is 2.73. The van der Waals surface area contributed by atoms with Crippen LogP contribution in [-0.4, -0.2) is 31.7 Å². The zero-order chi connectivity index (χ0) is 13.5. The van der Waals surface area contributed by atoms with E-state index < -0.39 is 5.97 Å². The van der Waals surface area contributed by atoms with E-state index in [1.165, 1.54) is 11.3 Å². The van der Waals surface area contributed by atoms with Gasteiger partial charge in [-0.15, -0.1) is 0 Å². The van der Waals surface area contributed by atoms with Crippen LogP contribution < -0.4 is 10.2 Å². The van der Waals surface area contributed by atoms with Crippen molar-refractivity contribution in [3.8, 4) is 0 Å². The molecule has 1 aromatic rings. The first-order valence-electron chi connectivity index (χ1n) is 6.24. The molecule has 0 aliphatic carbocycles. The summed E-state index contributed by atoms with van der Waals surface area (Å²) in [5.74, 6) is -0.722. The van der Waals surface area contributed by atoms with Crippen molar-refractivity contribution in [1.82, 2.24) is 0 Å². The summed E-state index contributed by atoms with van der Waals surface area (Å²) in [5.41, 5.74) is 3.53. The number of nitrogens with one attached hydrogen (secondary N) is 1. The molecule has 0 atom stereocenters. The SMILES string of the molecule is Cc1ccc(NCCCCC(=O)O)cc1N(C)C. The molecule has 0 saturated carbocycles. The van der Waals surface area contributed by atoms with Crippen LogP contribution in [0.25, 0.3) is 0 Å². The number of nitrogens with zero attached hydrogens (tertiary/aromatic N) is 1. The first-order chi connectivity index (χ1) is 8.50. The van der Waals surface area contributed by atoms with Crippen molar-refractivity contribution in [2.45, 2.75) is 26.2 Å². The fourth-order valence-corrected chi connectivity index (χ4v) is 1.84. The van der Waals surface area contributed by atoms with E-state index in [2.05, 4.69) is 35.3 Å². The summed E-state index contributed by atoms with van der Waals surface area (Å²) in [5, 5.41) is 11.9. The van der Waals surface area contributed by atoms with E-state index in [1.54, 1.807) is 0 Å². The van der Waals surface area contributed by atoms with E-state index >= 15 is 0 Å². The standard InChI is InChI=1S/C14H22N2O2/c1-11-7-8-12(10-13(11)16(2)3)15-9-5-4-6-14(17)18/h7-8,10,15H,4-6,9H2,1-3H3,(H,17,18). The third-order valence-corrected chi connectivity index (χ3v) is 2.84. The normalized spacial score (nSPS) is 10.2. The van der Waals surface area contributed by atoms with Crippen molar-refractivity contribution >= 4 is 17.3 Å². The molecule has 0 amide bonds. The lowest BCUT2D eigenvalue weighted by Gasteiger charge is -2.17. The third kappa shape index (κ3) is 4.65. The minimum Gasteiger partial charge on any atom is -0.481 e. The van der Waals surface area contributed by atoms with Crippen molar-refractivity contribution in [2.75, 3.05) is 30.9 Å². The molecule has 0 aliphatic heterocycles. The maximum absolute atomic E-state index is 10.4. The Kier molecular flexibility index (Phi) is 5.49. The molecule has 100 valence electrons. The molecule has 0 bridgehead atoms. The summed E-state index contributed by atoms with van der Waals surface area (Å²) in [4.78, 5) is 12.5. The second kappa shape index (κ2) is 6.89. The lowest BCUT2D eigenvalue weighted by atomic mass is 10.1. The molecule has 4 heteroatoms. The largest absolute Gasteiger partial charge is 0.481 e. The Balaban J connectivity index is 2.43. The minimum atomic E-state index is -0.722. The quantitative estimate of drug-likeness (QED) is 0.731. The lowest BCUT2D eigenvalue weighted by molar-refractivity contribution is -0.137. The molecular formula is C14H22N2O2. The highest BCUT2D eigenvalue weighted by Crippen LogP contribution is 2.22. The van der Waals surface area contributed by atoms with Gasteiger partial charge in [0.1, 0.15) is 0 Å². The van der Waals surface area contributed by atoms with E-state index in [0.29, 0.717) is 6.42 Å². The van der Waals surface area contributed by atoms with Crippen molar-refractivity contribution in [2.24, 2.45) is 0 Å². The number of benzene rings is 1. The number of anilines is 2. The summed E-state index contributed by atoms with van der Waals surface area (Å²) < 4.78 is 0. The van der Waals surface area contributed by atoms with Crippen LogP contribution >= 0.6 is 0 Å². The van der Waals surface area contributed by atoms with Gasteiger partial charge in [-0.25, -0.2) is 0 Å². The molecule has 2 N–H and O–H groups in total. The Labute approximate surface area is 109 Å². The molecular weight excluding hydrogens is 228 g/mol. The fraction of sp³-hybridized carbons (Fsp3) is 0.500. The predicted molar refractivity (Wildman–Crippen MR) is 75.5 cm³/mol. The summed E-state index contributed by atoms with van der Waals surface area (Å²) in [6.45, 7) is 2.90. The number of hydrogen-bond acceptors (Lipinski definition) is 3. The van der Waals surface area contributed by atoms with E-state index in [1.807, 2.05) is 14.1 Å². The number of unbranched alkanes of at least 4 members (excludes halogenated alkanes) is 1. The average Bonchev–Trinajstić information content (AvgIpc) is 2.30. The average molecular weight is 250 g/mol. The highest BCUT2D eigenvalue weighted by atomic mass is 16.4. The molecule has 0 radical (unpaired) electrons. The lowest BCUT2D eigenvalue weighted by Crippen LogP contribution is -2.11. The van der Waals surface area contributed by atoms with Gasteiger partial charge in [0.2, 0.25) is 0 Å². The first kappa shape index (κ1) is 14.4. The second-order valence-electron chi connectivity index (χ2n) is 4.67. The van der Waals surface area contributed by atoms with Gasteiger partial charge in [0.05, 0.1) is 0 Å². The summed E-state index contributed by atoms with van der Waals surface area (Å²) in [6.07, 6.45) is 1.84. The number of carboxylic acid groups (broad SMARTS) is 1. The van der Waals surface area contributed by atoms with Crippen molar-refractivity contribution in [3.05, 3.63) is 23.8 Å². The zero-order valence-corrected chi connectivity index (χ0v) is 11.4. The molecule has 0 aromatic heterocycles. The molecule has 4 nitrogen and oxygen atoms in total. The summed E-state index contributed by atoms with van der Waals surface area (Å²) >= 11 is 0. The molecule has 1 aromatic carbocycles. The number of carboxylic acids is 1. The van der Waals surface area contributed by atoms with Gasteiger partial charge in [-0.2, -0.15) is 0 Å². The molecule has 1 rings (SSSR count). The van der Waals surface area contributed by atoms with Crippen LogP contribution in [0.1, 0.15) is 24.8 Å². The molecule has 0 aliphatic rings. The maximum atomic E-state index is 10.4. The Morgan fingerprint density at radius 1 is 1.33 bits per heavy atom. The number of aryl methyl sites for hydroxylation is 1. The van der Waals surface area contributed by atoms with Crippen molar-refractivity contribution in [1.29, 1.82) is 0 Å². The van der Waals surface area contributed by atoms with Gasteiger partial charge >= 0.3 is 5.97 Å². The molecule has 18 heavy (non-hydrogen) atoms. The van der Waals surface area contributed by atoms with Crippen molar-refractivity contribution in [3.63, 3.8) is 0 Å². The highest BCUT2D eigenvalue weighted by Gasteiger charge is 2.02. The maximum Gasteiger partial charge on any atom is 0.303 e. The van der Waals surface area contributed by atoms with Crippen LogP contribution in [0, 0.1) is 6.92 Å². The third-order valence-electron chi connectivity index (χ3n) is 2.84. The van der Waals surface area contributed by atoms with Gasteiger partial charge in [0, 0.05) is 38.4 Å². The molecule has 0 unspecified atom stereocenters. The van der Waals surface area contributed by atoms with Crippen LogP contribution in [-0.2, 0) is 4.79 Å². The molecule has 0 saturated heterocycles. The molecule has 0 heterocycles. The minimum absolute atomic E-state index is 0.249. The monoisotopic (exact) mass is 250 g/mol. The van der Waals surface area contributed by atoms with Crippen molar-refractivity contribution < 1.29 is 9.90 Å². The first-order valence-corrected chi connectivity index (χ1v) is 6.24. The van der Waals surface area contributed by atoms with Gasteiger partial charge in [-0.1, -0.05) is 6.07 Å². The smallest absolute Gasteiger partial charge is 0.303 e.